The van der Waals surface area contributed by atoms with Crippen molar-refractivity contribution in [3.63, 3.8) is 0 Å². The van der Waals surface area contributed by atoms with Crippen LogP contribution in [0.3, 0.4) is 0 Å². The molecule has 0 radical (unpaired) electrons. The molecular weight excluding hydrogens is 176 g/mol. The Labute approximate surface area is 88.0 Å². The van der Waals surface area contributed by atoms with Crippen LogP contribution in [0.15, 0.2) is 11.8 Å². The molecule has 1 unspecified atom stereocenters. The van der Waals surface area contributed by atoms with Crippen molar-refractivity contribution in [3.8, 4) is 0 Å². The van der Waals surface area contributed by atoms with Gasteiger partial charge in [0.05, 0.1) is 11.9 Å². The van der Waals surface area contributed by atoms with Crippen molar-refractivity contribution in [2.24, 2.45) is 10.8 Å². The number of hydrogen-bond donors (Lipinski definition) is 1. The van der Waals surface area contributed by atoms with Gasteiger partial charge in [-0.05, 0) is 11.5 Å². The van der Waals surface area contributed by atoms with Gasteiger partial charge in [-0.3, -0.25) is 0 Å². The minimum Gasteiger partial charge on any atom is -0.512 e. The summed E-state index contributed by atoms with van der Waals surface area (Å²) < 4.78 is 5.34. The summed E-state index contributed by atoms with van der Waals surface area (Å²) in [5.74, 6) is 0.388. The fourth-order valence-electron chi connectivity index (χ4n) is 1.06. The van der Waals surface area contributed by atoms with E-state index in [4.69, 9.17) is 4.74 Å². The van der Waals surface area contributed by atoms with Gasteiger partial charge in [-0.2, -0.15) is 0 Å². The highest BCUT2D eigenvalue weighted by molar-refractivity contribution is 5.06. The Morgan fingerprint density at radius 2 is 1.57 bits per heavy atom. The average Bonchev–Trinajstić information content (AvgIpc) is 1.95. The third-order valence-electron chi connectivity index (χ3n) is 2.19. The summed E-state index contributed by atoms with van der Waals surface area (Å²) >= 11 is 0. The van der Waals surface area contributed by atoms with Crippen LogP contribution < -0.4 is 0 Å². The molecule has 0 fully saturated rings. The lowest BCUT2D eigenvalue weighted by Crippen LogP contribution is -2.27. The molecule has 2 nitrogen and oxygen atoms in total. The van der Waals surface area contributed by atoms with Gasteiger partial charge in [0.25, 0.3) is 0 Å². The summed E-state index contributed by atoms with van der Waals surface area (Å²) in [5.41, 5.74) is -0.198. The molecule has 1 N–H and O–H groups in total. The molecule has 14 heavy (non-hydrogen) atoms. The molecular formula is C12H24O2. The minimum atomic E-state index is -0.206. The predicted octanol–water partition coefficient (Wildman–Crippen LogP) is 3.54. The van der Waals surface area contributed by atoms with Crippen molar-refractivity contribution in [3.05, 3.63) is 11.8 Å². The van der Waals surface area contributed by atoms with E-state index in [0.717, 1.165) is 0 Å². The van der Waals surface area contributed by atoms with Crippen LogP contribution in [0.2, 0.25) is 0 Å². The quantitative estimate of drug-likeness (QED) is 0.691. The second-order valence-electron chi connectivity index (χ2n) is 5.82. The van der Waals surface area contributed by atoms with Crippen LogP contribution in [0.5, 0.6) is 0 Å². The lowest BCUT2D eigenvalue weighted by molar-refractivity contribution is 0.0490. The number of aliphatic hydroxyl groups excluding tert-OH is 1. The predicted molar refractivity (Wildman–Crippen MR) is 60.4 cm³/mol. The molecule has 0 saturated heterocycles. The van der Waals surface area contributed by atoms with E-state index in [1.54, 1.807) is 13.2 Å². The van der Waals surface area contributed by atoms with Gasteiger partial charge in [-0.15, -0.1) is 0 Å². The van der Waals surface area contributed by atoms with Gasteiger partial charge >= 0.3 is 0 Å². The summed E-state index contributed by atoms with van der Waals surface area (Å²) in [6.07, 6.45) is 1.75. The molecule has 0 aliphatic rings. The normalized spacial score (nSPS) is 16.9. The highest BCUT2D eigenvalue weighted by Crippen LogP contribution is 2.28. The van der Waals surface area contributed by atoms with Gasteiger partial charge in [-0.1, -0.05) is 41.5 Å². The van der Waals surface area contributed by atoms with Crippen LogP contribution in [-0.4, -0.2) is 18.3 Å². The summed E-state index contributed by atoms with van der Waals surface area (Å²) in [5, 5.41) is 9.83. The first-order valence-electron chi connectivity index (χ1n) is 5.03. The molecule has 0 aliphatic carbocycles. The Balaban J connectivity index is 4.77. The molecule has 1 atom stereocenters. The highest BCUT2D eigenvalue weighted by atomic mass is 16.5. The lowest BCUT2D eigenvalue weighted by atomic mass is 9.85. The van der Waals surface area contributed by atoms with E-state index < -0.39 is 0 Å². The largest absolute Gasteiger partial charge is 0.512 e. The molecule has 0 aliphatic heterocycles. The minimum absolute atomic E-state index is 0.00792. The second kappa shape index (κ2) is 4.35. The first kappa shape index (κ1) is 13.5. The number of methoxy groups -OCH3 is 1. The molecule has 0 aromatic rings. The number of allylic oxidation sites excluding steroid dienone is 1. The number of ether oxygens (including phenoxy) is 1. The third kappa shape index (κ3) is 4.14. The van der Waals surface area contributed by atoms with Crippen LogP contribution in [0, 0.1) is 10.8 Å². The summed E-state index contributed by atoms with van der Waals surface area (Å²) in [6, 6.07) is 0. The Morgan fingerprint density at radius 1 is 1.14 bits per heavy atom. The Morgan fingerprint density at radius 3 is 1.79 bits per heavy atom. The number of rotatable bonds is 2. The maximum absolute atomic E-state index is 9.83. The molecule has 0 aromatic heterocycles. The van der Waals surface area contributed by atoms with Crippen LogP contribution in [-0.2, 0) is 4.74 Å². The van der Waals surface area contributed by atoms with Crippen molar-refractivity contribution < 1.29 is 9.84 Å². The van der Waals surface area contributed by atoms with Gasteiger partial charge in [0, 0.05) is 12.5 Å². The summed E-state index contributed by atoms with van der Waals surface area (Å²) in [4.78, 5) is 0. The lowest BCUT2D eigenvalue weighted by Gasteiger charge is -2.28. The van der Waals surface area contributed by atoms with Gasteiger partial charge in [0.1, 0.15) is 0 Å². The molecule has 0 spiro atoms. The maximum atomic E-state index is 9.83. The highest BCUT2D eigenvalue weighted by Gasteiger charge is 2.25. The SMILES string of the molecule is COC(/C=C(\O)C(C)(C)C)C(C)(C)C. The average molecular weight is 200 g/mol. The van der Waals surface area contributed by atoms with Crippen LogP contribution in [0.25, 0.3) is 0 Å². The molecule has 0 amide bonds. The molecule has 0 rings (SSSR count). The molecule has 2 heteroatoms. The Bertz CT molecular complexity index is 203. The monoisotopic (exact) mass is 200 g/mol. The zero-order valence-electron chi connectivity index (χ0n) is 10.5. The zero-order valence-corrected chi connectivity index (χ0v) is 10.5. The first-order chi connectivity index (χ1) is 6.09. The zero-order chi connectivity index (χ0) is 11.6. The van der Waals surface area contributed by atoms with Gasteiger partial charge in [0.2, 0.25) is 0 Å². The summed E-state index contributed by atoms with van der Waals surface area (Å²) in [6.45, 7) is 12.2. The Hall–Kier alpha value is -0.500. The smallest absolute Gasteiger partial charge is 0.0962 e. The standard InChI is InChI=1S/C12H24O2/c1-11(2,3)9(13)8-10(14-7)12(4,5)6/h8,10,13H,1-7H3/b9-8-. The molecule has 0 heterocycles. The second-order valence-corrected chi connectivity index (χ2v) is 5.82. The van der Waals surface area contributed by atoms with E-state index in [1.807, 2.05) is 20.8 Å². The number of hydrogen-bond acceptors (Lipinski definition) is 2. The van der Waals surface area contributed by atoms with Gasteiger partial charge < -0.3 is 9.84 Å². The van der Waals surface area contributed by atoms with Gasteiger partial charge in [-0.25, -0.2) is 0 Å². The van der Waals surface area contributed by atoms with Crippen molar-refractivity contribution in [1.82, 2.24) is 0 Å². The number of aliphatic hydroxyl groups is 1. The van der Waals surface area contributed by atoms with E-state index in [9.17, 15) is 5.11 Å². The van der Waals surface area contributed by atoms with Crippen molar-refractivity contribution >= 4 is 0 Å². The van der Waals surface area contributed by atoms with E-state index in [-0.39, 0.29) is 16.9 Å². The molecule has 0 bridgehead atoms. The van der Waals surface area contributed by atoms with Crippen molar-refractivity contribution in [2.75, 3.05) is 7.11 Å². The third-order valence-corrected chi connectivity index (χ3v) is 2.19. The Kier molecular flexibility index (Phi) is 4.19. The fourth-order valence-corrected chi connectivity index (χ4v) is 1.06. The van der Waals surface area contributed by atoms with E-state index in [0.29, 0.717) is 5.76 Å². The maximum Gasteiger partial charge on any atom is 0.0962 e. The van der Waals surface area contributed by atoms with E-state index >= 15 is 0 Å². The topological polar surface area (TPSA) is 29.5 Å². The van der Waals surface area contributed by atoms with Crippen molar-refractivity contribution in [2.45, 2.75) is 47.6 Å². The van der Waals surface area contributed by atoms with Crippen LogP contribution in [0.4, 0.5) is 0 Å². The first-order valence-corrected chi connectivity index (χ1v) is 5.03. The van der Waals surface area contributed by atoms with Crippen LogP contribution in [0.1, 0.15) is 41.5 Å². The fraction of sp³-hybridized carbons (Fsp3) is 0.833. The molecule has 84 valence electrons. The van der Waals surface area contributed by atoms with E-state index in [2.05, 4.69) is 20.8 Å². The summed E-state index contributed by atoms with van der Waals surface area (Å²) in [7, 11) is 1.67. The van der Waals surface area contributed by atoms with E-state index in [1.165, 1.54) is 0 Å². The molecule has 0 aromatic carbocycles. The van der Waals surface area contributed by atoms with Crippen LogP contribution >= 0.6 is 0 Å². The van der Waals surface area contributed by atoms with Crippen molar-refractivity contribution in [1.29, 1.82) is 0 Å². The van der Waals surface area contributed by atoms with Gasteiger partial charge in [0.15, 0.2) is 0 Å². The molecule has 0 saturated carbocycles.